The van der Waals surface area contributed by atoms with Crippen LogP contribution < -0.4 is 0 Å². The third kappa shape index (κ3) is 42.0. The normalized spacial score (nSPS) is 12.3. The molecule has 0 aliphatic carbocycles. The fraction of sp³-hybridized carbons (Fsp3) is 1.00. The third-order valence-corrected chi connectivity index (χ3v) is 19.1. The summed E-state index contributed by atoms with van der Waals surface area (Å²) in [6.07, 6.45) is 73.9. The smallest absolute Gasteiger partial charge is 0.0654 e. The molecule has 0 fully saturated rings. The summed E-state index contributed by atoms with van der Waals surface area (Å²) in [5.41, 5.74) is 0. The van der Waals surface area contributed by atoms with Crippen molar-refractivity contribution in [1.29, 1.82) is 0 Å². The molecule has 0 saturated carbocycles. The van der Waals surface area contributed by atoms with E-state index in [2.05, 4.69) is 27.7 Å². The van der Waals surface area contributed by atoms with E-state index in [1.165, 1.54) is 263 Å². The molecule has 0 rings (SSSR count). The van der Waals surface area contributed by atoms with Crippen LogP contribution in [0, 0.1) is 0 Å². The van der Waals surface area contributed by atoms with Crippen LogP contribution in [0.4, 0.5) is 0 Å². The minimum atomic E-state index is -1.14. The van der Waals surface area contributed by atoms with Gasteiger partial charge in [-0.2, -0.15) is 0 Å². The van der Waals surface area contributed by atoms with Gasteiger partial charge in [0.25, 0.3) is 0 Å². The van der Waals surface area contributed by atoms with Crippen LogP contribution in [0.2, 0.25) is 0 Å². The van der Waals surface area contributed by atoms with Crippen LogP contribution in [0.25, 0.3) is 0 Å². The standard InChI is InChI=1S/C53H111P/c1-5-9-13-16-19-22-25-28-31-34-37-40-43-47-51-54(50-46-12-8-4,52-48-44-41-38-35-32-29-26-23-20-17-14-10-6-2)53-49-45-42-39-36-33-30-27-24-21-18-15-11-7-3/h54H,5-53H2,1-4H3. The maximum absolute atomic E-state index is 2.43. The molecule has 0 heterocycles. The van der Waals surface area contributed by atoms with Gasteiger partial charge >= 0.3 is 270 Å². The molecule has 54 heavy (non-hydrogen) atoms. The van der Waals surface area contributed by atoms with Crippen molar-refractivity contribution in [2.75, 3.05) is 24.6 Å². The molecule has 0 atom stereocenters. The molecule has 0 saturated heterocycles. The van der Waals surface area contributed by atoms with Crippen molar-refractivity contribution in [1.82, 2.24) is 0 Å². The molecule has 0 aromatic carbocycles. The Labute approximate surface area is 347 Å². The average Bonchev–Trinajstić information content (AvgIpc) is 3.18. The number of hydrogen-bond donors (Lipinski definition) is 0. The Morgan fingerprint density at radius 2 is 0.259 bits per heavy atom. The molecule has 0 N–H and O–H groups in total. The Kier molecular flexibility index (Phi) is 48.2. The second-order valence-electron chi connectivity index (χ2n) is 19.0. The van der Waals surface area contributed by atoms with Crippen LogP contribution in [0.3, 0.4) is 0 Å². The van der Waals surface area contributed by atoms with Crippen LogP contribution in [0.1, 0.15) is 317 Å². The minimum absolute atomic E-state index is 1.14. The molecule has 0 amide bonds. The van der Waals surface area contributed by atoms with Gasteiger partial charge in [-0.15, -0.1) is 0 Å². The van der Waals surface area contributed by atoms with Gasteiger partial charge in [0.2, 0.25) is 0 Å². The van der Waals surface area contributed by atoms with Crippen molar-refractivity contribution in [3.05, 3.63) is 0 Å². The molecular formula is C53H111P. The fourth-order valence-corrected chi connectivity index (χ4v) is 15.1. The van der Waals surface area contributed by atoms with Crippen molar-refractivity contribution in [2.24, 2.45) is 0 Å². The molecule has 0 aliphatic rings. The molecule has 0 aromatic heterocycles. The average molecular weight is 779 g/mol. The number of hydrogen-bond acceptors (Lipinski definition) is 0. The van der Waals surface area contributed by atoms with E-state index in [0.717, 1.165) is 0 Å². The first-order valence-electron chi connectivity index (χ1n) is 26.7. The molecule has 0 bridgehead atoms. The van der Waals surface area contributed by atoms with Gasteiger partial charge in [-0.1, -0.05) is 78.6 Å². The summed E-state index contributed by atoms with van der Waals surface area (Å²) >= 11 is 0. The summed E-state index contributed by atoms with van der Waals surface area (Å²) in [4.78, 5) is 0. The van der Waals surface area contributed by atoms with E-state index < -0.39 is 7.26 Å². The van der Waals surface area contributed by atoms with E-state index in [1.807, 2.05) is 0 Å². The van der Waals surface area contributed by atoms with Gasteiger partial charge in [0.1, 0.15) is 0 Å². The molecule has 0 unspecified atom stereocenters. The second kappa shape index (κ2) is 47.8. The zero-order valence-electron chi connectivity index (χ0n) is 39.1. The van der Waals surface area contributed by atoms with Crippen LogP contribution in [0.5, 0.6) is 0 Å². The van der Waals surface area contributed by atoms with E-state index in [4.69, 9.17) is 0 Å². The van der Waals surface area contributed by atoms with E-state index in [0.29, 0.717) is 0 Å². The van der Waals surface area contributed by atoms with Crippen molar-refractivity contribution < 1.29 is 0 Å². The van der Waals surface area contributed by atoms with E-state index >= 15 is 0 Å². The SMILES string of the molecule is CCCCCCCCCCCCCCCC[PH](CCCCC)(CCCCCCCCCCCCCCCC)CCCCCCCCCCCCCCCC. The van der Waals surface area contributed by atoms with Gasteiger partial charge in [0, 0.05) is 0 Å². The monoisotopic (exact) mass is 779 g/mol. The molecule has 328 valence electrons. The zero-order chi connectivity index (χ0) is 39.1. The van der Waals surface area contributed by atoms with Gasteiger partial charge < -0.3 is 0 Å². The van der Waals surface area contributed by atoms with Gasteiger partial charge in [-0.25, -0.2) is 0 Å². The first-order chi connectivity index (χ1) is 26.7. The Balaban J connectivity index is 4.51. The minimum Gasteiger partial charge on any atom is -0.0654 e. The van der Waals surface area contributed by atoms with Crippen LogP contribution in [-0.2, 0) is 0 Å². The third-order valence-electron chi connectivity index (χ3n) is 13.5. The molecular weight excluding hydrogens is 668 g/mol. The number of rotatable bonds is 49. The Morgan fingerprint density at radius 1 is 0.148 bits per heavy atom. The van der Waals surface area contributed by atoms with Crippen molar-refractivity contribution in [3.63, 3.8) is 0 Å². The summed E-state index contributed by atoms with van der Waals surface area (Å²) in [6, 6.07) is 0. The second-order valence-corrected chi connectivity index (χ2v) is 24.0. The summed E-state index contributed by atoms with van der Waals surface area (Å²) < 4.78 is 0. The van der Waals surface area contributed by atoms with Crippen LogP contribution in [0.15, 0.2) is 0 Å². The predicted molar refractivity (Wildman–Crippen MR) is 258 cm³/mol. The molecule has 0 aliphatic heterocycles. The molecule has 0 radical (unpaired) electrons. The Bertz CT molecular complexity index is 562. The van der Waals surface area contributed by atoms with Crippen molar-refractivity contribution in [3.8, 4) is 0 Å². The van der Waals surface area contributed by atoms with Crippen LogP contribution >= 0.6 is 7.26 Å². The summed E-state index contributed by atoms with van der Waals surface area (Å²) in [5, 5.41) is 0. The first kappa shape index (κ1) is 54.4. The van der Waals surface area contributed by atoms with Crippen LogP contribution in [-0.4, -0.2) is 24.6 Å². The zero-order valence-corrected chi connectivity index (χ0v) is 40.1. The fourth-order valence-electron chi connectivity index (χ4n) is 9.58. The van der Waals surface area contributed by atoms with Crippen molar-refractivity contribution >= 4 is 7.26 Å². The van der Waals surface area contributed by atoms with E-state index in [-0.39, 0.29) is 0 Å². The first-order valence-corrected chi connectivity index (χ1v) is 29.6. The molecule has 0 spiro atoms. The summed E-state index contributed by atoms with van der Waals surface area (Å²) in [7, 11) is -1.14. The van der Waals surface area contributed by atoms with Crippen molar-refractivity contribution in [2.45, 2.75) is 317 Å². The van der Waals surface area contributed by atoms with Gasteiger partial charge in [-0.3, -0.25) is 0 Å². The van der Waals surface area contributed by atoms with E-state index in [9.17, 15) is 0 Å². The van der Waals surface area contributed by atoms with Gasteiger partial charge in [-0.05, 0) is 0 Å². The Hall–Kier alpha value is 0.430. The van der Waals surface area contributed by atoms with Gasteiger partial charge in [0.15, 0.2) is 0 Å². The molecule has 1 heteroatoms. The summed E-state index contributed by atoms with van der Waals surface area (Å²) in [6.45, 7) is 9.41. The topological polar surface area (TPSA) is 0 Å². The van der Waals surface area contributed by atoms with Gasteiger partial charge in [0.05, 0.1) is 0 Å². The maximum atomic E-state index is 2.43. The number of unbranched alkanes of at least 4 members (excludes halogenated alkanes) is 41. The molecule has 0 aromatic rings. The Morgan fingerprint density at radius 3 is 0.426 bits per heavy atom. The molecule has 0 nitrogen and oxygen atoms in total. The van der Waals surface area contributed by atoms with E-state index in [1.54, 1.807) is 50.3 Å². The summed E-state index contributed by atoms with van der Waals surface area (Å²) in [5.74, 6) is 0. The quantitative estimate of drug-likeness (QED) is 0.0426. The predicted octanol–water partition coefficient (Wildman–Crippen LogP) is 20.4.